The average Bonchev–Trinajstić information content (AvgIpc) is 3.39. The van der Waals surface area contributed by atoms with Crippen LogP contribution in [0.5, 0.6) is 0 Å². The highest BCUT2D eigenvalue weighted by molar-refractivity contribution is 6.00. The largest absolute Gasteiger partial charge is 0.420 e. The topological polar surface area (TPSA) is 153 Å². The van der Waals surface area contributed by atoms with Crippen LogP contribution in [0.25, 0.3) is 16.7 Å². The zero-order valence-corrected chi connectivity index (χ0v) is 20.4. The van der Waals surface area contributed by atoms with Crippen molar-refractivity contribution in [1.82, 2.24) is 35.1 Å². The predicted octanol–water partition coefficient (Wildman–Crippen LogP) is 0.738. The minimum Gasteiger partial charge on any atom is -0.398 e. The number of hydrogen-bond donors (Lipinski definition) is 3. The van der Waals surface area contributed by atoms with Crippen molar-refractivity contribution in [3.63, 3.8) is 0 Å². The lowest BCUT2D eigenvalue weighted by atomic mass is 10.1. The van der Waals surface area contributed by atoms with Crippen molar-refractivity contribution in [3.8, 4) is 0 Å². The number of oxazole rings is 1. The second-order valence-electron chi connectivity index (χ2n) is 9.31. The molecule has 3 heterocycles. The minimum atomic E-state index is -0.826. The Morgan fingerprint density at radius 3 is 2.64 bits per heavy atom. The highest BCUT2D eigenvalue weighted by atomic mass is 16.4. The molecular formula is C24H25N7O5. The van der Waals surface area contributed by atoms with Gasteiger partial charge < -0.3 is 20.4 Å². The van der Waals surface area contributed by atoms with Crippen LogP contribution in [0.3, 0.4) is 0 Å². The molecule has 3 amide bonds. The van der Waals surface area contributed by atoms with E-state index < -0.39 is 29.2 Å². The molecule has 0 saturated carbocycles. The third-order valence-corrected chi connectivity index (χ3v) is 5.21. The summed E-state index contributed by atoms with van der Waals surface area (Å²) in [4.78, 5) is 54.2. The first-order valence-electron chi connectivity index (χ1n) is 11.1. The number of nitrogens with zero attached hydrogens (tertiary/aromatic N) is 4. The van der Waals surface area contributed by atoms with E-state index in [2.05, 4.69) is 38.2 Å². The SMILES string of the molecule is C[C@H](NC(=O)c1cc(C(=O)NCc2c#cc3oc(=O)n(C)c3c2)nc2ccnn12)C(=O)NC(C)(C)C. The van der Waals surface area contributed by atoms with Crippen molar-refractivity contribution in [3.05, 3.63) is 64.0 Å². The zero-order chi connectivity index (χ0) is 26.2. The monoisotopic (exact) mass is 491 g/mol. The molecule has 12 nitrogen and oxygen atoms in total. The summed E-state index contributed by atoms with van der Waals surface area (Å²) in [7, 11) is 1.56. The van der Waals surface area contributed by atoms with Gasteiger partial charge >= 0.3 is 5.76 Å². The third-order valence-electron chi connectivity index (χ3n) is 5.21. The summed E-state index contributed by atoms with van der Waals surface area (Å²) in [6, 6.07) is 9.29. The normalized spacial score (nSPS) is 12.2. The lowest BCUT2D eigenvalue weighted by Gasteiger charge is -2.23. The van der Waals surface area contributed by atoms with Gasteiger partial charge in [0.05, 0.1) is 18.3 Å². The number of aryl methyl sites for hydroxylation is 1. The number of nitrogens with one attached hydrogen (secondary N) is 3. The molecule has 12 heteroatoms. The van der Waals surface area contributed by atoms with Crippen LogP contribution in [-0.4, -0.2) is 48.5 Å². The first-order valence-corrected chi connectivity index (χ1v) is 11.1. The molecular weight excluding hydrogens is 466 g/mol. The summed E-state index contributed by atoms with van der Waals surface area (Å²) in [6.45, 7) is 7.15. The van der Waals surface area contributed by atoms with Crippen molar-refractivity contribution in [2.75, 3.05) is 0 Å². The van der Waals surface area contributed by atoms with Gasteiger partial charge in [-0.3, -0.25) is 19.0 Å². The number of rotatable bonds is 6. The number of hydrogen-bond acceptors (Lipinski definition) is 7. The lowest BCUT2D eigenvalue weighted by molar-refractivity contribution is -0.124. The summed E-state index contributed by atoms with van der Waals surface area (Å²) in [5.41, 5.74) is 1.21. The van der Waals surface area contributed by atoms with Crippen molar-refractivity contribution >= 4 is 34.5 Å². The smallest absolute Gasteiger partial charge is 0.398 e. The van der Waals surface area contributed by atoms with E-state index in [1.165, 1.54) is 21.3 Å². The number of carbonyl (C=O) groups excluding carboxylic acids is 3. The Hall–Kier alpha value is -4.66. The van der Waals surface area contributed by atoms with E-state index in [1.807, 2.05) is 20.8 Å². The molecule has 0 aliphatic carbocycles. The number of amides is 3. The van der Waals surface area contributed by atoms with E-state index >= 15 is 0 Å². The van der Waals surface area contributed by atoms with Crippen molar-refractivity contribution in [2.45, 2.75) is 45.8 Å². The lowest BCUT2D eigenvalue weighted by Crippen LogP contribution is -2.51. The van der Waals surface area contributed by atoms with Gasteiger partial charge in [-0.1, -0.05) is 6.07 Å². The standard InChI is InChI=1S/C24H25N7O5/c1-13(20(32)29-24(2,3)4)27-22(34)17-11-15(28-19-8-9-26-31(17)19)21(33)25-12-14-6-7-18-16(10-14)30(5)23(35)36-18/h8-11,13H,12H2,1-5H3,(H,25,33)(H,27,34)(H,29,32)/t13-/m0/s1. The van der Waals surface area contributed by atoms with Crippen LogP contribution >= 0.6 is 0 Å². The van der Waals surface area contributed by atoms with Crippen LogP contribution in [-0.2, 0) is 18.4 Å². The summed E-state index contributed by atoms with van der Waals surface area (Å²) in [6.07, 6.45) is 1.45. The number of aromatic nitrogens is 4. The summed E-state index contributed by atoms with van der Waals surface area (Å²) in [5, 5.41) is 12.3. The van der Waals surface area contributed by atoms with Gasteiger partial charge in [0.2, 0.25) is 11.5 Å². The number of carbonyl (C=O) groups is 3. The van der Waals surface area contributed by atoms with Gasteiger partial charge in [0.25, 0.3) is 11.8 Å². The highest BCUT2D eigenvalue weighted by Crippen LogP contribution is 2.12. The van der Waals surface area contributed by atoms with Gasteiger partial charge in [-0.25, -0.2) is 14.3 Å². The van der Waals surface area contributed by atoms with Crippen molar-refractivity contribution in [2.24, 2.45) is 7.05 Å². The highest BCUT2D eigenvalue weighted by Gasteiger charge is 2.24. The van der Waals surface area contributed by atoms with E-state index in [0.717, 1.165) is 0 Å². The maximum Gasteiger partial charge on any atom is 0.420 e. The molecule has 36 heavy (non-hydrogen) atoms. The molecule has 1 atom stereocenters. The summed E-state index contributed by atoms with van der Waals surface area (Å²) >= 11 is 0. The van der Waals surface area contributed by atoms with Crippen LogP contribution in [0.4, 0.5) is 0 Å². The molecule has 0 bridgehead atoms. The Kier molecular flexibility index (Phi) is 6.24. The molecule has 0 spiro atoms. The predicted molar refractivity (Wildman–Crippen MR) is 128 cm³/mol. The van der Waals surface area contributed by atoms with Crippen LogP contribution < -0.4 is 21.7 Å². The maximum absolute atomic E-state index is 13.0. The Morgan fingerprint density at radius 1 is 1.17 bits per heavy atom. The van der Waals surface area contributed by atoms with Gasteiger partial charge in [0.15, 0.2) is 5.65 Å². The van der Waals surface area contributed by atoms with Crippen LogP contribution in [0.15, 0.2) is 33.6 Å². The van der Waals surface area contributed by atoms with Gasteiger partial charge in [0.1, 0.15) is 17.4 Å². The fourth-order valence-electron chi connectivity index (χ4n) is 3.42. The molecule has 0 fully saturated rings. The molecule has 1 aromatic carbocycles. The van der Waals surface area contributed by atoms with Crippen molar-refractivity contribution < 1.29 is 18.8 Å². The Morgan fingerprint density at radius 2 is 1.92 bits per heavy atom. The fourth-order valence-corrected chi connectivity index (χ4v) is 3.42. The first kappa shape index (κ1) is 24.5. The van der Waals surface area contributed by atoms with Gasteiger partial charge in [-0.05, 0) is 39.8 Å². The van der Waals surface area contributed by atoms with Gasteiger partial charge in [-0.2, -0.15) is 5.10 Å². The Balaban J connectivity index is 1.52. The second kappa shape index (κ2) is 9.18. The molecule has 3 N–H and O–H groups in total. The van der Waals surface area contributed by atoms with Crippen LogP contribution in [0, 0.1) is 12.1 Å². The molecule has 0 unspecified atom stereocenters. The molecule has 186 valence electrons. The van der Waals surface area contributed by atoms with Crippen molar-refractivity contribution in [1.29, 1.82) is 0 Å². The average molecular weight is 492 g/mol. The quantitative estimate of drug-likeness (QED) is 0.360. The number of fused-ring (bicyclic) bond motifs is 2. The van der Waals surface area contributed by atoms with E-state index in [0.29, 0.717) is 11.1 Å². The molecule has 4 aromatic rings. The third kappa shape index (κ3) is 5.05. The molecule has 3 aromatic heterocycles. The van der Waals surface area contributed by atoms with E-state index in [-0.39, 0.29) is 35.1 Å². The Bertz CT molecular complexity index is 1540. The minimum absolute atomic E-state index is 0.0132. The molecule has 0 saturated heterocycles. The molecule has 0 radical (unpaired) electrons. The summed E-state index contributed by atoms with van der Waals surface area (Å²) < 4.78 is 7.65. The zero-order valence-electron chi connectivity index (χ0n) is 20.4. The summed E-state index contributed by atoms with van der Waals surface area (Å²) in [5.74, 6) is -2.00. The van der Waals surface area contributed by atoms with Crippen LogP contribution in [0.1, 0.15) is 54.2 Å². The first-order chi connectivity index (χ1) is 16.9. The van der Waals surface area contributed by atoms with E-state index in [9.17, 15) is 19.2 Å². The van der Waals surface area contributed by atoms with Gasteiger partial charge in [-0.15, -0.1) is 0 Å². The van der Waals surface area contributed by atoms with Gasteiger partial charge in [0, 0.05) is 30.3 Å². The fraction of sp³-hybridized carbons (Fsp3) is 0.333. The Labute approximate surface area is 205 Å². The van der Waals surface area contributed by atoms with E-state index in [4.69, 9.17) is 4.42 Å². The molecule has 0 aliphatic rings. The maximum atomic E-state index is 13.0. The van der Waals surface area contributed by atoms with Crippen LogP contribution in [0.2, 0.25) is 0 Å². The molecule has 0 aliphatic heterocycles. The molecule has 4 rings (SSSR count). The van der Waals surface area contributed by atoms with E-state index in [1.54, 1.807) is 26.1 Å². The second-order valence-corrected chi connectivity index (χ2v) is 9.31.